The van der Waals surface area contributed by atoms with Gasteiger partial charge in [0.25, 0.3) is 0 Å². The Kier molecular flexibility index (Phi) is 5.89. The first-order valence-electron chi connectivity index (χ1n) is 9.26. The van der Waals surface area contributed by atoms with Gasteiger partial charge in [-0.25, -0.2) is 0 Å². The normalized spacial score (nSPS) is 19.4. The summed E-state index contributed by atoms with van der Waals surface area (Å²) < 4.78 is 1.91. The summed E-state index contributed by atoms with van der Waals surface area (Å²) >= 11 is 0. The zero-order chi connectivity index (χ0) is 17.8. The van der Waals surface area contributed by atoms with E-state index in [0.717, 1.165) is 31.0 Å². The Morgan fingerprint density at radius 3 is 2.76 bits per heavy atom. The first kappa shape index (κ1) is 18.1. The van der Waals surface area contributed by atoms with Crippen molar-refractivity contribution in [2.24, 2.45) is 0 Å². The van der Waals surface area contributed by atoms with Crippen LogP contribution in [0.25, 0.3) is 0 Å². The molecule has 5 heteroatoms. The summed E-state index contributed by atoms with van der Waals surface area (Å²) in [5.74, 6) is 0. The Labute approximate surface area is 150 Å². The molecule has 0 unspecified atom stereocenters. The van der Waals surface area contributed by atoms with Gasteiger partial charge < -0.3 is 10.4 Å². The molecule has 1 aromatic carbocycles. The minimum atomic E-state index is 0.129. The lowest BCUT2D eigenvalue weighted by Gasteiger charge is -2.25. The number of likely N-dealkylation sites (tertiary alicyclic amines) is 1. The fourth-order valence-electron chi connectivity index (χ4n) is 3.80. The first-order valence-corrected chi connectivity index (χ1v) is 9.26. The molecule has 0 radical (unpaired) electrons. The van der Waals surface area contributed by atoms with Crippen LogP contribution in [-0.4, -0.2) is 45.5 Å². The van der Waals surface area contributed by atoms with Crippen LogP contribution < -0.4 is 5.32 Å². The van der Waals surface area contributed by atoms with Crippen LogP contribution in [0.4, 0.5) is 0 Å². The first-order chi connectivity index (χ1) is 12.1. The smallest absolute Gasteiger partial charge is 0.0644 e. The molecule has 1 aliphatic rings. The van der Waals surface area contributed by atoms with E-state index in [1.807, 2.05) is 4.68 Å². The van der Waals surface area contributed by atoms with E-state index in [-0.39, 0.29) is 6.61 Å². The molecule has 0 spiro atoms. The zero-order valence-corrected chi connectivity index (χ0v) is 15.6. The number of aryl methyl sites for hydroxylation is 1. The zero-order valence-electron chi connectivity index (χ0n) is 15.6. The van der Waals surface area contributed by atoms with Gasteiger partial charge in [0.2, 0.25) is 0 Å². The highest BCUT2D eigenvalue weighted by molar-refractivity contribution is 5.24. The monoisotopic (exact) mass is 342 g/mol. The van der Waals surface area contributed by atoms with Gasteiger partial charge in [0.05, 0.1) is 18.8 Å². The van der Waals surface area contributed by atoms with Crippen LogP contribution in [0, 0.1) is 13.8 Å². The molecule has 1 fully saturated rings. The van der Waals surface area contributed by atoms with Gasteiger partial charge in [0.15, 0.2) is 0 Å². The van der Waals surface area contributed by atoms with Crippen molar-refractivity contribution in [1.82, 2.24) is 20.0 Å². The summed E-state index contributed by atoms with van der Waals surface area (Å²) in [5.41, 5.74) is 4.88. The number of rotatable bonds is 7. The summed E-state index contributed by atoms with van der Waals surface area (Å²) in [5, 5.41) is 17.4. The van der Waals surface area contributed by atoms with E-state index in [0.29, 0.717) is 18.6 Å². The van der Waals surface area contributed by atoms with Crippen molar-refractivity contribution in [1.29, 1.82) is 0 Å². The molecule has 1 aliphatic heterocycles. The summed E-state index contributed by atoms with van der Waals surface area (Å²) in [7, 11) is 0. The molecule has 136 valence electrons. The second-order valence-corrected chi connectivity index (χ2v) is 7.04. The van der Waals surface area contributed by atoms with Crippen LogP contribution in [0.5, 0.6) is 0 Å². The molecule has 0 aliphatic carbocycles. The van der Waals surface area contributed by atoms with Crippen molar-refractivity contribution in [2.45, 2.75) is 52.4 Å². The SMILES string of the molecule is Cc1nn(CCO)c(C)c1CN[C@@H]1CCN([C@@H](C)c2ccccc2)C1. The lowest BCUT2D eigenvalue weighted by Crippen LogP contribution is -2.33. The van der Waals surface area contributed by atoms with Gasteiger partial charge in [-0.15, -0.1) is 0 Å². The maximum Gasteiger partial charge on any atom is 0.0644 e. The fraction of sp³-hybridized carbons (Fsp3) is 0.550. The number of benzene rings is 1. The Bertz CT molecular complexity index is 683. The van der Waals surface area contributed by atoms with E-state index in [1.54, 1.807) is 0 Å². The minimum absolute atomic E-state index is 0.129. The topological polar surface area (TPSA) is 53.3 Å². The van der Waals surface area contributed by atoms with Gasteiger partial charge in [-0.1, -0.05) is 30.3 Å². The Morgan fingerprint density at radius 2 is 2.04 bits per heavy atom. The van der Waals surface area contributed by atoms with Gasteiger partial charge in [-0.2, -0.15) is 5.10 Å². The fourth-order valence-corrected chi connectivity index (χ4v) is 3.80. The van der Waals surface area contributed by atoms with Crippen LogP contribution in [0.1, 0.15) is 41.9 Å². The van der Waals surface area contributed by atoms with Gasteiger partial charge in [-0.05, 0) is 32.8 Å². The summed E-state index contributed by atoms with van der Waals surface area (Å²) in [6, 6.07) is 11.7. The lowest BCUT2D eigenvalue weighted by molar-refractivity contribution is 0.255. The van der Waals surface area contributed by atoms with Gasteiger partial charge in [-0.3, -0.25) is 9.58 Å². The largest absolute Gasteiger partial charge is 0.394 e. The third-order valence-corrected chi connectivity index (χ3v) is 5.46. The summed E-state index contributed by atoms with van der Waals surface area (Å²) in [6.07, 6.45) is 1.18. The standard InChI is InChI=1S/C20H30N4O/c1-15-20(17(3)24(22-15)11-12-25)13-21-19-9-10-23(14-19)16(2)18-7-5-4-6-8-18/h4-8,16,19,21,25H,9-14H2,1-3H3/t16-,19+/m0/s1. The molecular weight excluding hydrogens is 312 g/mol. The molecule has 2 heterocycles. The van der Waals surface area contributed by atoms with Crippen molar-refractivity contribution in [3.63, 3.8) is 0 Å². The summed E-state index contributed by atoms with van der Waals surface area (Å²) in [6.45, 7) is 10.2. The van der Waals surface area contributed by atoms with Crippen LogP contribution in [0.3, 0.4) is 0 Å². The van der Waals surface area contributed by atoms with Crippen LogP contribution in [-0.2, 0) is 13.1 Å². The quantitative estimate of drug-likeness (QED) is 0.811. The third kappa shape index (κ3) is 4.11. The molecular formula is C20H30N4O. The van der Waals surface area contributed by atoms with Crippen molar-refractivity contribution in [3.8, 4) is 0 Å². The molecule has 2 atom stereocenters. The molecule has 1 saturated heterocycles. The Hall–Kier alpha value is -1.69. The molecule has 3 rings (SSSR count). The predicted octanol–water partition coefficient (Wildman–Crippen LogP) is 2.42. The molecule has 0 amide bonds. The number of nitrogens with one attached hydrogen (secondary N) is 1. The minimum Gasteiger partial charge on any atom is -0.394 e. The molecule has 0 saturated carbocycles. The van der Waals surface area contributed by atoms with E-state index in [4.69, 9.17) is 5.11 Å². The summed E-state index contributed by atoms with van der Waals surface area (Å²) in [4.78, 5) is 2.56. The highest BCUT2D eigenvalue weighted by Crippen LogP contribution is 2.24. The molecule has 1 aromatic heterocycles. The third-order valence-electron chi connectivity index (χ3n) is 5.46. The van der Waals surface area contributed by atoms with Crippen molar-refractivity contribution in [3.05, 3.63) is 52.8 Å². The maximum absolute atomic E-state index is 9.14. The van der Waals surface area contributed by atoms with Gasteiger partial charge >= 0.3 is 0 Å². The van der Waals surface area contributed by atoms with Crippen LogP contribution in [0.15, 0.2) is 30.3 Å². The van der Waals surface area contributed by atoms with E-state index in [2.05, 4.69) is 66.4 Å². The number of aliphatic hydroxyl groups is 1. The highest BCUT2D eigenvalue weighted by atomic mass is 16.3. The highest BCUT2D eigenvalue weighted by Gasteiger charge is 2.26. The van der Waals surface area contributed by atoms with Gasteiger partial charge in [0.1, 0.15) is 0 Å². The van der Waals surface area contributed by atoms with E-state index in [1.165, 1.54) is 17.5 Å². The molecule has 5 nitrogen and oxygen atoms in total. The van der Waals surface area contributed by atoms with Crippen LogP contribution in [0.2, 0.25) is 0 Å². The molecule has 25 heavy (non-hydrogen) atoms. The van der Waals surface area contributed by atoms with E-state index < -0.39 is 0 Å². The second kappa shape index (κ2) is 8.13. The number of hydrogen-bond donors (Lipinski definition) is 2. The number of nitrogens with zero attached hydrogens (tertiary/aromatic N) is 3. The van der Waals surface area contributed by atoms with Crippen LogP contribution >= 0.6 is 0 Å². The Morgan fingerprint density at radius 1 is 1.28 bits per heavy atom. The lowest BCUT2D eigenvalue weighted by atomic mass is 10.1. The van der Waals surface area contributed by atoms with Crippen molar-refractivity contribution in [2.75, 3.05) is 19.7 Å². The predicted molar refractivity (Wildman–Crippen MR) is 100 cm³/mol. The second-order valence-electron chi connectivity index (χ2n) is 7.04. The molecule has 2 N–H and O–H groups in total. The Balaban J connectivity index is 1.56. The van der Waals surface area contributed by atoms with E-state index >= 15 is 0 Å². The average Bonchev–Trinajstić information content (AvgIpc) is 3.19. The molecule has 2 aromatic rings. The van der Waals surface area contributed by atoms with E-state index in [9.17, 15) is 0 Å². The average molecular weight is 342 g/mol. The molecule has 0 bridgehead atoms. The van der Waals surface area contributed by atoms with Gasteiger partial charge in [0, 0.05) is 43.0 Å². The number of aliphatic hydroxyl groups excluding tert-OH is 1. The van der Waals surface area contributed by atoms with Crippen molar-refractivity contribution < 1.29 is 5.11 Å². The number of aromatic nitrogens is 2. The maximum atomic E-state index is 9.14. The number of hydrogen-bond acceptors (Lipinski definition) is 4. The van der Waals surface area contributed by atoms with Crippen molar-refractivity contribution >= 4 is 0 Å².